The zero-order chi connectivity index (χ0) is 48.7. The zero-order valence-corrected chi connectivity index (χ0v) is 41.6. The highest BCUT2D eigenvalue weighted by molar-refractivity contribution is 8.01. The number of piperidine rings is 1. The molecule has 4 N–H and O–H groups in total. The molecular weight excluding hydrogens is 909 g/mol. The van der Waals surface area contributed by atoms with E-state index in [0.29, 0.717) is 36.4 Å². The van der Waals surface area contributed by atoms with Gasteiger partial charge in [-0.3, -0.25) is 43.4 Å². The fourth-order valence-corrected chi connectivity index (χ4v) is 10.4. The molecule has 4 heterocycles. The van der Waals surface area contributed by atoms with Gasteiger partial charge >= 0.3 is 11.9 Å². The maximum absolute atomic E-state index is 15.0. The van der Waals surface area contributed by atoms with Crippen LogP contribution in [0.4, 0.5) is 0 Å². The van der Waals surface area contributed by atoms with E-state index < -0.39 is 65.8 Å². The number of carbonyl (C=O) groups excluding carboxylic acids is 7. The molecule has 21 heteroatoms. The summed E-state index contributed by atoms with van der Waals surface area (Å²) in [6.45, 7) is 13.6. The fraction of sp³-hybridized carbons (Fsp3) is 0.644. The van der Waals surface area contributed by atoms with Crippen molar-refractivity contribution in [2.45, 2.75) is 140 Å². The van der Waals surface area contributed by atoms with Crippen molar-refractivity contribution >= 4 is 81.8 Å². The number of rotatable bonds is 26. The molecule has 2 aliphatic heterocycles. The molecule has 6 amide bonds. The molecule has 1 saturated heterocycles. The average Bonchev–Trinajstić information content (AvgIpc) is 4.06. The molecule has 2 aromatic heterocycles. The molecule has 0 radical (unpaired) electrons. The number of likely N-dealkylation sites (tertiary alicyclic amines) is 1. The molecule has 0 spiro atoms. The van der Waals surface area contributed by atoms with Crippen molar-refractivity contribution in [2.75, 3.05) is 32.4 Å². The summed E-state index contributed by atoms with van der Waals surface area (Å²) >= 11 is 3.64. The standard InChI is InChI=1S/C45H66N8O10S3/c1-9-27(5)37(49-41(59)32-15-11-12-19-51(32)8)43(60)52(20-13-14-21-53-35(55)16-17-36(53)56)33(26(3)4)23-34(63-29(7)54)42-48-31(24-65-42)39(57)47-30(25-66-45-46-18-22-64-45)40(58)50-38(44(61)62)28(6)10-2/h16-18,22,24,26-28,30,32-34,37-38H,9-15,19-21,23,25H2,1-8H3,(H,47,57)(H,49,59)(H,50,58)(H,61,62)/t27-,28?,30-,32+,33+,34+,37-,38?/m0/s1. The number of carboxylic acid groups (broad SMARTS) is 1. The number of imide groups is 1. The monoisotopic (exact) mass is 974 g/mol. The third kappa shape index (κ3) is 15.1. The van der Waals surface area contributed by atoms with Gasteiger partial charge < -0.3 is 30.7 Å². The number of esters is 1. The molecule has 0 bridgehead atoms. The highest BCUT2D eigenvalue weighted by Crippen LogP contribution is 2.32. The Balaban J connectivity index is 1.63. The van der Waals surface area contributed by atoms with Gasteiger partial charge in [-0.1, -0.05) is 72.6 Å². The van der Waals surface area contributed by atoms with E-state index in [2.05, 4.69) is 25.9 Å². The Morgan fingerprint density at radius 2 is 1.64 bits per heavy atom. The molecule has 0 aliphatic carbocycles. The lowest BCUT2D eigenvalue weighted by Crippen LogP contribution is -2.59. The number of amides is 6. The van der Waals surface area contributed by atoms with Crippen molar-refractivity contribution in [1.29, 1.82) is 0 Å². The van der Waals surface area contributed by atoms with Crippen LogP contribution in [0.3, 0.4) is 0 Å². The van der Waals surface area contributed by atoms with E-state index in [9.17, 15) is 38.7 Å². The van der Waals surface area contributed by atoms with Crippen molar-refractivity contribution in [3.63, 3.8) is 0 Å². The Labute approximate surface area is 399 Å². The molecule has 0 saturated carbocycles. The van der Waals surface area contributed by atoms with Crippen LogP contribution < -0.4 is 16.0 Å². The molecule has 4 rings (SSSR count). The lowest BCUT2D eigenvalue weighted by molar-refractivity contribution is -0.150. The van der Waals surface area contributed by atoms with Crippen molar-refractivity contribution in [1.82, 2.24) is 40.6 Å². The summed E-state index contributed by atoms with van der Waals surface area (Å²) in [5, 5.41) is 21.8. The van der Waals surface area contributed by atoms with Gasteiger partial charge in [0.15, 0.2) is 6.10 Å². The number of likely N-dealkylation sites (N-methyl/N-ethyl adjacent to an activating group) is 1. The summed E-state index contributed by atoms with van der Waals surface area (Å²) in [6, 6.07) is -4.22. The molecule has 2 unspecified atom stereocenters. The lowest BCUT2D eigenvalue weighted by atomic mass is 9.91. The molecule has 364 valence electrons. The molecule has 1 fully saturated rings. The molecule has 0 aromatic carbocycles. The second kappa shape index (κ2) is 26.0. The predicted molar refractivity (Wildman–Crippen MR) is 251 cm³/mol. The number of ether oxygens (including phenoxy) is 1. The summed E-state index contributed by atoms with van der Waals surface area (Å²) in [5.74, 6) is -5.38. The van der Waals surface area contributed by atoms with Crippen LogP contribution in [-0.2, 0) is 38.3 Å². The van der Waals surface area contributed by atoms with Gasteiger partial charge in [-0.05, 0) is 57.0 Å². The highest BCUT2D eigenvalue weighted by atomic mass is 32.2. The number of unbranched alkanes of at least 4 members (excludes halogenated alkanes) is 1. The smallest absolute Gasteiger partial charge is 0.326 e. The lowest BCUT2D eigenvalue weighted by Gasteiger charge is -2.40. The number of carbonyl (C=O) groups is 8. The van der Waals surface area contributed by atoms with E-state index in [1.54, 1.807) is 23.4 Å². The molecule has 2 aliphatic rings. The summed E-state index contributed by atoms with van der Waals surface area (Å²) < 4.78 is 6.53. The first-order valence-electron chi connectivity index (χ1n) is 22.7. The van der Waals surface area contributed by atoms with Crippen LogP contribution >= 0.6 is 34.4 Å². The number of hydrogen-bond acceptors (Lipinski definition) is 15. The van der Waals surface area contributed by atoms with Crippen molar-refractivity contribution in [3.8, 4) is 0 Å². The Morgan fingerprint density at radius 3 is 2.23 bits per heavy atom. The number of carboxylic acids is 1. The third-order valence-corrected chi connectivity index (χ3v) is 15.2. The van der Waals surface area contributed by atoms with Gasteiger partial charge in [-0.2, -0.15) is 0 Å². The maximum Gasteiger partial charge on any atom is 0.326 e. The Morgan fingerprint density at radius 1 is 0.955 bits per heavy atom. The Hall–Kier alpha value is -4.73. The van der Waals surface area contributed by atoms with Crippen molar-refractivity contribution < 1.29 is 48.2 Å². The fourth-order valence-electron chi connectivity index (χ4n) is 7.87. The summed E-state index contributed by atoms with van der Waals surface area (Å²) in [4.78, 5) is 119. The van der Waals surface area contributed by atoms with E-state index in [-0.39, 0.29) is 71.6 Å². The molecular formula is C45H66N8O10S3. The van der Waals surface area contributed by atoms with E-state index >= 15 is 4.79 Å². The first kappa shape index (κ1) is 53.9. The molecule has 8 atom stereocenters. The Bertz CT molecular complexity index is 2010. The third-order valence-electron chi connectivity index (χ3n) is 12.2. The van der Waals surface area contributed by atoms with E-state index in [1.807, 2.05) is 46.6 Å². The van der Waals surface area contributed by atoms with Gasteiger partial charge in [0.2, 0.25) is 17.7 Å². The van der Waals surface area contributed by atoms with Gasteiger partial charge in [-0.15, -0.1) is 22.7 Å². The van der Waals surface area contributed by atoms with Crippen LogP contribution in [0, 0.1) is 17.8 Å². The van der Waals surface area contributed by atoms with Crippen LogP contribution in [0.1, 0.15) is 121 Å². The van der Waals surface area contributed by atoms with Gasteiger partial charge in [0.1, 0.15) is 33.2 Å². The van der Waals surface area contributed by atoms with Crippen LogP contribution in [0.5, 0.6) is 0 Å². The number of thioether (sulfide) groups is 1. The number of thiazole rings is 2. The number of nitrogens with one attached hydrogen (secondary N) is 3. The Kier molecular flexibility index (Phi) is 21.2. The number of hydrogen-bond donors (Lipinski definition) is 4. The number of nitrogens with zero attached hydrogens (tertiary/aromatic N) is 5. The largest absolute Gasteiger partial charge is 0.480 e. The number of aromatic nitrogens is 2. The normalized spacial score (nSPS) is 18.5. The first-order chi connectivity index (χ1) is 31.4. The summed E-state index contributed by atoms with van der Waals surface area (Å²) in [6.07, 6.45) is 7.53. The second-order valence-electron chi connectivity index (χ2n) is 17.3. The summed E-state index contributed by atoms with van der Waals surface area (Å²) in [7, 11) is 1.91. The number of aliphatic carboxylic acids is 1. The van der Waals surface area contributed by atoms with E-state index in [1.165, 1.54) is 47.6 Å². The van der Waals surface area contributed by atoms with Gasteiger partial charge in [0.05, 0.1) is 6.04 Å². The summed E-state index contributed by atoms with van der Waals surface area (Å²) in [5.41, 5.74) is -0.0670. The SMILES string of the molecule is CCC(C)C(NC(=O)[C@H](CSc1nccs1)NC(=O)c1csc([C@@H](C[C@H](C(C)C)N(CCCCN2C(=O)C=CC2=O)C(=O)[C@@H](NC(=O)[C@H]2CCCCN2C)[C@@H](C)CC)OC(C)=O)n1)C(=O)O. The van der Waals surface area contributed by atoms with Crippen LogP contribution in [0.25, 0.3) is 0 Å². The minimum Gasteiger partial charge on any atom is -0.480 e. The van der Waals surface area contributed by atoms with E-state index in [0.717, 1.165) is 35.6 Å². The second-order valence-corrected chi connectivity index (χ2v) is 20.4. The first-order valence-corrected chi connectivity index (χ1v) is 25.4. The van der Waals surface area contributed by atoms with Gasteiger partial charge in [0, 0.05) is 67.3 Å². The quantitative estimate of drug-likeness (QED) is 0.0434. The molecule has 18 nitrogen and oxygen atoms in total. The highest BCUT2D eigenvalue weighted by Gasteiger charge is 2.39. The van der Waals surface area contributed by atoms with Crippen molar-refractivity contribution in [3.05, 3.63) is 39.8 Å². The topological polar surface area (TPSA) is 238 Å². The minimum absolute atomic E-state index is 0.0436. The van der Waals surface area contributed by atoms with Crippen molar-refractivity contribution in [2.24, 2.45) is 17.8 Å². The molecule has 2 aromatic rings. The van der Waals surface area contributed by atoms with Crippen LogP contribution in [0.15, 0.2) is 33.4 Å². The predicted octanol–water partition coefficient (Wildman–Crippen LogP) is 4.67. The van der Waals surface area contributed by atoms with E-state index in [4.69, 9.17) is 4.74 Å². The zero-order valence-electron chi connectivity index (χ0n) is 39.2. The average molecular weight is 975 g/mol. The maximum atomic E-state index is 15.0. The van der Waals surface area contributed by atoms with Gasteiger partial charge in [-0.25, -0.2) is 14.8 Å². The van der Waals surface area contributed by atoms with Gasteiger partial charge in [0.25, 0.3) is 17.7 Å². The van der Waals surface area contributed by atoms with Crippen LogP contribution in [-0.4, -0.2) is 140 Å². The minimum atomic E-state index is -1.20. The van der Waals surface area contributed by atoms with Crippen LogP contribution in [0.2, 0.25) is 0 Å². The molecule has 66 heavy (non-hydrogen) atoms.